The van der Waals surface area contributed by atoms with Crippen molar-refractivity contribution in [2.75, 3.05) is 7.11 Å². The summed E-state index contributed by atoms with van der Waals surface area (Å²) in [5.74, 6) is 2.17. The van der Waals surface area contributed by atoms with Crippen molar-refractivity contribution in [3.63, 3.8) is 0 Å². The second-order valence-corrected chi connectivity index (χ2v) is 4.83. The van der Waals surface area contributed by atoms with Crippen molar-refractivity contribution in [2.45, 2.75) is 32.3 Å². The Kier molecular flexibility index (Phi) is 3.49. The van der Waals surface area contributed by atoms with Crippen molar-refractivity contribution in [1.29, 1.82) is 0 Å². The highest BCUT2D eigenvalue weighted by atomic mass is 16.5. The second-order valence-electron chi connectivity index (χ2n) is 4.83. The summed E-state index contributed by atoms with van der Waals surface area (Å²) in [5.41, 5.74) is 1.27. The van der Waals surface area contributed by atoms with Crippen LogP contribution in [0.25, 0.3) is 0 Å². The van der Waals surface area contributed by atoms with E-state index in [4.69, 9.17) is 4.74 Å². The molecule has 3 unspecified atom stereocenters. The molecular formula is C14H20O2. The molecule has 0 heterocycles. The quantitative estimate of drug-likeness (QED) is 0.826. The molecule has 1 aliphatic carbocycles. The average molecular weight is 220 g/mol. The van der Waals surface area contributed by atoms with Crippen molar-refractivity contribution < 1.29 is 9.84 Å². The standard InChI is InChI=1S/C14H20O2/c1-10-9-13(10)14(15)8-5-11-3-6-12(16-2)7-4-11/h3-4,6-7,10,13-15H,5,8-9H2,1-2H3. The number of rotatable bonds is 5. The molecule has 16 heavy (non-hydrogen) atoms. The summed E-state index contributed by atoms with van der Waals surface area (Å²) in [6.07, 6.45) is 2.91. The van der Waals surface area contributed by atoms with Crippen LogP contribution in [0.2, 0.25) is 0 Å². The molecule has 3 atom stereocenters. The van der Waals surface area contributed by atoms with E-state index in [0.717, 1.165) is 24.5 Å². The SMILES string of the molecule is COc1ccc(CCC(O)C2CC2C)cc1. The fourth-order valence-electron chi connectivity index (χ4n) is 2.21. The normalized spacial score (nSPS) is 25.2. The molecule has 0 spiro atoms. The van der Waals surface area contributed by atoms with Crippen LogP contribution in [0.15, 0.2) is 24.3 Å². The number of benzene rings is 1. The van der Waals surface area contributed by atoms with Crippen molar-refractivity contribution in [3.8, 4) is 5.75 Å². The van der Waals surface area contributed by atoms with E-state index >= 15 is 0 Å². The van der Waals surface area contributed by atoms with Gasteiger partial charge in [0, 0.05) is 0 Å². The molecule has 1 fully saturated rings. The summed E-state index contributed by atoms with van der Waals surface area (Å²) in [7, 11) is 1.67. The van der Waals surface area contributed by atoms with Gasteiger partial charge in [-0.2, -0.15) is 0 Å². The first-order chi connectivity index (χ1) is 7.70. The average Bonchev–Trinajstić information content (AvgIpc) is 3.04. The zero-order valence-corrected chi connectivity index (χ0v) is 10.0. The Bertz CT molecular complexity index is 331. The molecule has 1 N–H and O–H groups in total. The molecule has 1 saturated carbocycles. The van der Waals surface area contributed by atoms with Crippen LogP contribution < -0.4 is 4.74 Å². The third-order valence-corrected chi connectivity index (χ3v) is 3.55. The molecule has 1 aromatic carbocycles. The molecule has 0 aromatic heterocycles. The van der Waals surface area contributed by atoms with E-state index in [1.165, 1.54) is 12.0 Å². The summed E-state index contributed by atoms with van der Waals surface area (Å²) in [5, 5.41) is 9.90. The molecule has 1 aliphatic rings. The number of hydrogen-bond donors (Lipinski definition) is 1. The Morgan fingerprint density at radius 3 is 2.50 bits per heavy atom. The Morgan fingerprint density at radius 2 is 2.00 bits per heavy atom. The number of aliphatic hydroxyl groups is 1. The summed E-state index contributed by atoms with van der Waals surface area (Å²) in [6, 6.07) is 8.09. The van der Waals surface area contributed by atoms with E-state index in [0.29, 0.717) is 5.92 Å². The molecule has 88 valence electrons. The van der Waals surface area contributed by atoms with Gasteiger partial charge in [0.05, 0.1) is 13.2 Å². The smallest absolute Gasteiger partial charge is 0.118 e. The van der Waals surface area contributed by atoms with Gasteiger partial charge in [-0.15, -0.1) is 0 Å². The van der Waals surface area contributed by atoms with Crippen LogP contribution in [0.3, 0.4) is 0 Å². The zero-order valence-electron chi connectivity index (χ0n) is 10.0. The third-order valence-electron chi connectivity index (χ3n) is 3.55. The van der Waals surface area contributed by atoms with E-state index in [-0.39, 0.29) is 6.10 Å². The van der Waals surface area contributed by atoms with Crippen LogP contribution in [0.5, 0.6) is 5.75 Å². The largest absolute Gasteiger partial charge is 0.497 e. The van der Waals surface area contributed by atoms with Crippen molar-refractivity contribution in [2.24, 2.45) is 11.8 Å². The summed E-state index contributed by atoms with van der Waals surface area (Å²) >= 11 is 0. The monoisotopic (exact) mass is 220 g/mol. The fourth-order valence-corrected chi connectivity index (χ4v) is 2.21. The molecule has 2 heteroatoms. The van der Waals surface area contributed by atoms with Gasteiger partial charge in [0.2, 0.25) is 0 Å². The first kappa shape index (κ1) is 11.5. The topological polar surface area (TPSA) is 29.5 Å². The second kappa shape index (κ2) is 4.88. The summed E-state index contributed by atoms with van der Waals surface area (Å²) in [6.45, 7) is 2.21. The first-order valence-electron chi connectivity index (χ1n) is 6.01. The molecule has 1 aromatic rings. The van der Waals surface area contributed by atoms with E-state index < -0.39 is 0 Å². The van der Waals surface area contributed by atoms with E-state index in [1.54, 1.807) is 7.11 Å². The van der Waals surface area contributed by atoms with Crippen LogP contribution in [0.1, 0.15) is 25.3 Å². The van der Waals surface area contributed by atoms with Crippen LogP contribution in [0.4, 0.5) is 0 Å². The molecule has 0 radical (unpaired) electrons. The molecule has 0 amide bonds. The Balaban J connectivity index is 1.80. The molecular weight excluding hydrogens is 200 g/mol. The number of ether oxygens (including phenoxy) is 1. The van der Waals surface area contributed by atoms with Crippen molar-refractivity contribution >= 4 is 0 Å². The summed E-state index contributed by atoms with van der Waals surface area (Å²) in [4.78, 5) is 0. The molecule has 0 bridgehead atoms. The Morgan fingerprint density at radius 1 is 1.38 bits per heavy atom. The summed E-state index contributed by atoms with van der Waals surface area (Å²) < 4.78 is 5.11. The van der Waals surface area contributed by atoms with Gasteiger partial charge in [0.15, 0.2) is 0 Å². The molecule has 0 saturated heterocycles. The number of aliphatic hydroxyl groups excluding tert-OH is 1. The van der Waals surface area contributed by atoms with Crippen molar-refractivity contribution in [1.82, 2.24) is 0 Å². The lowest BCUT2D eigenvalue weighted by molar-refractivity contribution is 0.136. The van der Waals surface area contributed by atoms with Gasteiger partial charge in [-0.05, 0) is 48.8 Å². The van der Waals surface area contributed by atoms with Gasteiger partial charge in [0.25, 0.3) is 0 Å². The lowest BCUT2D eigenvalue weighted by Gasteiger charge is -2.09. The van der Waals surface area contributed by atoms with E-state index in [1.807, 2.05) is 12.1 Å². The molecule has 0 aliphatic heterocycles. The minimum absolute atomic E-state index is 0.114. The first-order valence-corrected chi connectivity index (χ1v) is 6.01. The predicted molar refractivity (Wildman–Crippen MR) is 64.6 cm³/mol. The molecule has 2 nitrogen and oxygen atoms in total. The van der Waals surface area contributed by atoms with Gasteiger partial charge in [-0.25, -0.2) is 0 Å². The maximum atomic E-state index is 9.90. The maximum absolute atomic E-state index is 9.90. The number of hydrogen-bond acceptors (Lipinski definition) is 2. The van der Waals surface area contributed by atoms with E-state index in [9.17, 15) is 5.11 Å². The van der Waals surface area contributed by atoms with Gasteiger partial charge < -0.3 is 9.84 Å². The van der Waals surface area contributed by atoms with E-state index in [2.05, 4.69) is 19.1 Å². The van der Waals surface area contributed by atoms with Crippen LogP contribution >= 0.6 is 0 Å². The van der Waals surface area contributed by atoms with Crippen LogP contribution in [-0.2, 0) is 6.42 Å². The van der Waals surface area contributed by atoms with Gasteiger partial charge in [0.1, 0.15) is 5.75 Å². The minimum atomic E-state index is -0.114. The third kappa shape index (κ3) is 2.76. The van der Waals surface area contributed by atoms with Crippen LogP contribution in [-0.4, -0.2) is 18.3 Å². The number of methoxy groups -OCH3 is 1. The number of aryl methyl sites for hydroxylation is 1. The highest BCUT2D eigenvalue weighted by Gasteiger charge is 2.38. The lowest BCUT2D eigenvalue weighted by atomic mass is 10.0. The Labute approximate surface area is 97.3 Å². The van der Waals surface area contributed by atoms with Gasteiger partial charge in [-0.3, -0.25) is 0 Å². The zero-order chi connectivity index (χ0) is 11.5. The predicted octanol–water partition coefficient (Wildman–Crippen LogP) is 2.64. The van der Waals surface area contributed by atoms with Gasteiger partial charge in [-0.1, -0.05) is 19.1 Å². The fraction of sp³-hybridized carbons (Fsp3) is 0.571. The van der Waals surface area contributed by atoms with Crippen LogP contribution in [0, 0.1) is 11.8 Å². The maximum Gasteiger partial charge on any atom is 0.118 e. The Hall–Kier alpha value is -1.02. The lowest BCUT2D eigenvalue weighted by Crippen LogP contribution is -2.11. The highest BCUT2D eigenvalue weighted by molar-refractivity contribution is 5.27. The van der Waals surface area contributed by atoms with Gasteiger partial charge >= 0.3 is 0 Å². The van der Waals surface area contributed by atoms with Crippen molar-refractivity contribution in [3.05, 3.63) is 29.8 Å². The minimum Gasteiger partial charge on any atom is -0.497 e. The highest BCUT2D eigenvalue weighted by Crippen LogP contribution is 2.41. The molecule has 2 rings (SSSR count).